The normalized spacial score (nSPS) is 11.2. The van der Waals surface area contributed by atoms with Crippen LogP contribution in [0.25, 0.3) is 0 Å². The van der Waals surface area contributed by atoms with Crippen LogP contribution in [-0.4, -0.2) is 17.5 Å². The van der Waals surface area contributed by atoms with E-state index in [2.05, 4.69) is 15.8 Å². The third-order valence-corrected chi connectivity index (χ3v) is 4.15. The second-order valence-electron chi connectivity index (χ2n) is 5.77. The Bertz CT molecular complexity index is 833. The minimum absolute atomic E-state index is 0.0156. The quantitative estimate of drug-likeness (QED) is 0.559. The van der Waals surface area contributed by atoms with Gasteiger partial charge in [0.2, 0.25) is 11.8 Å². The van der Waals surface area contributed by atoms with Gasteiger partial charge in [-0.25, -0.2) is 5.43 Å². The number of amides is 2. The number of nitrogens with one attached hydrogen (secondary N) is 2. The van der Waals surface area contributed by atoms with Crippen molar-refractivity contribution >= 4 is 46.4 Å². The number of halogens is 2. The van der Waals surface area contributed by atoms with Gasteiger partial charge >= 0.3 is 0 Å². The first-order chi connectivity index (χ1) is 12.3. The highest BCUT2D eigenvalue weighted by molar-refractivity contribution is 6.36. The Kier molecular flexibility index (Phi) is 7.18. The van der Waals surface area contributed by atoms with Gasteiger partial charge < -0.3 is 5.32 Å². The fourth-order valence-electron chi connectivity index (χ4n) is 2.09. The smallest absolute Gasteiger partial charge is 0.240 e. The fourth-order valence-corrected chi connectivity index (χ4v) is 2.55. The van der Waals surface area contributed by atoms with E-state index < -0.39 is 0 Å². The SMILES string of the molecule is CC(=NNC(=O)CCC(=O)Nc1ccc(Cl)cc1Cl)c1ccc(C)cc1. The maximum atomic E-state index is 11.9. The zero-order chi connectivity index (χ0) is 19.1. The summed E-state index contributed by atoms with van der Waals surface area (Å²) < 4.78 is 0. The Balaban J connectivity index is 1.81. The number of carbonyl (C=O) groups is 2. The zero-order valence-electron chi connectivity index (χ0n) is 14.5. The Labute approximate surface area is 162 Å². The van der Waals surface area contributed by atoms with Crippen LogP contribution in [0, 0.1) is 6.92 Å². The Morgan fingerprint density at radius 3 is 2.31 bits per heavy atom. The first kappa shape index (κ1) is 19.9. The van der Waals surface area contributed by atoms with Crippen LogP contribution in [0.4, 0.5) is 5.69 Å². The molecule has 0 radical (unpaired) electrons. The molecule has 136 valence electrons. The first-order valence-electron chi connectivity index (χ1n) is 8.00. The molecule has 0 aromatic heterocycles. The molecule has 7 heteroatoms. The molecule has 0 atom stereocenters. The lowest BCUT2D eigenvalue weighted by molar-refractivity contribution is -0.124. The van der Waals surface area contributed by atoms with Crippen molar-refractivity contribution in [3.8, 4) is 0 Å². The Morgan fingerprint density at radius 2 is 1.65 bits per heavy atom. The van der Waals surface area contributed by atoms with Crippen LogP contribution in [0.2, 0.25) is 10.0 Å². The van der Waals surface area contributed by atoms with Gasteiger partial charge in [0.15, 0.2) is 0 Å². The van der Waals surface area contributed by atoms with Crippen molar-refractivity contribution in [1.29, 1.82) is 0 Å². The maximum Gasteiger partial charge on any atom is 0.240 e. The highest BCUT2D eigenvalue weighted by atomic mass is 35.5. The third kappa shape index (κ3) is 6.17. The highest BCUT2D eigenvalue weighted by Gasteiger charge is 2.09. The second-order valence-corrected chi connectivity index (χ2v) is 6.61. The van der Waals surface area contributed by atoms with Gasteiger partial charge in [-0.1, -0.05) is 53.0 Å². The molecule has 0 spiro atoms. The molecular formula is C19H19Cl2N3O2. The molecular weight excluding hydrogens is 373 g/mol. The van der Waals surface area contributed by atoms with Crippen LogP contribution in [0.15, 0.2) is 47.6 Å². The van der Waals surface area contributed by atoms with Crippen molar-refractivity contribution < 1.29 is 9.59 Å². The summed E-state index contributed by atoms with van der Waals surface area (Å²) in [6.45, 7) is 3.81. The number of aryl methyl sites for hydroxylation is 1. The summed E-state index contributed by atoms with van der Waals surface area (Å²) in [6, 6.07) is 12.6. The lowest BCUT2D eigenvalue weighted by atomic mass is 10.1. The number of carbonyl (C=O) groups excluding carboxylic acids is 2. The van der Waals surface area contributed by atoms with Crippen molar-refractivity contribution in [2.75, 3.05) is 5.32 Å². The summed E-state index contributed by atoms with van der Waals surface area (Å²) in [7, 11) is 0. The molecule has 0 heterocycles. The molecule has 0 aliphatic heterocycles. The van der Waals surface area contributed by atoms with Gasteiger partial charge in [-0.2, -0.15) is 5.10 Å². The molecule has 2 amide bonds. The van der Waals surface area contributed by atoms with Crippen LogP contribution in [0.3, 0.4) is 0 Å². The summed E-state index contributed by atoms with van der Waals surface area (Å²) in [4.78, 5) is 23.8. The predicted molar refractivity (Wildman–Crippen MR) is 106 cm³/mol. The van der Waals surface area contributed by atoms with Gasteiger partial charge in [-0.3, -0.25) is 9.59 Å². The highest BCUT2D eigenvalue weighted by Crippen LogP contribution is 2.25. The summed E-state index contributed by atoms with van der Waals surface area (Å²) in [5.41, 5.74) is 5.68. The lowest BCUT2D eigenvalue weighted by Gasteiger charge is -2.07. The largest absolute Gasteiger partial charge is 0.325 e. The third-order valence-electron chi connectivity index (χ3n) is 3.60. The van der Waals surface area contributed by atoms with Gasteiger partial charge in [-0.15, -0.1) is 0 Å². The molecule has 0 aliphatic rings. The molecule has 0 saturated carbocycles. The fraction of sp³-hybridized carbons (Fsp3) is 0.211. The average Bonchev–Trinajstić information content (AvgIpc) is 2.61. The number of hydrogen-bond acceptors (Lipinski definition) is 3. The topological polar surface area (TPSA) is 70.6 Å². The van der Waals surface area contributed by atoms with Crippen molar-refractivity contribution in [1.82, 2.24) is 5.43 Å². The van der Waals surface area contributed by atoms with Crippen molar-refractivity contribution in [3.05, 3.63) is 63.6 Å². The van der Waals surface area contributed by atoms with Crippen molar-refractivity contribution in [2.45, 2.75) is 26.7 Å². The van der Waals surface area contributed by atoms with E-state index in [1.807, 2.05) is 31.2 Å². The lowest BCUT2D eigenvalue weighted by Crippen LogP contribution is -2.21. The van der Waals surface area contributed by atoms with Crippen LogP contribution < -0.4 is 10.7 Å². The Morgan fingerprint density at radius 1 is 1.00 bits per heavy atom. The molecule has 26 heavy (non-hydrogen) atoms. The van der Waals surface area contributed by atoms with Crippen LogP contribution in [0.5, 0.6) is 0 Å². The minimum atomic E-state index is -0.339. The number of anilines is 1. The van der Waals surface area contributed by atoms with E-state index in [0.717, 1.165) is 11.1 Å². The molecule has 0 aliphatic carbocycles. The predicted octanol–water partition coefficient (Wildman–Crippen LogP) is 4.56. The maximum absolute atomic E-state index is 11.9. The van der Waals surface area contributed by atoms with E-state index in [4.69, 9.17) is 23.2 Å². The second kappa shape index (κ2) is 9.36. The monoisotopic (exact) mass is 391 g/mol. The van der Waals surface area contributed by atoms with Gasteiger partial charge in [0.05, 0.1) is 16.4 Å². The molecule has 0 bridgehead atoms. The molecule has 2 rings (SSSR count). The van der Waals surface area contributed by atoms with E-state index in [0.29, 0.717) is 21.4 Å². The molecule has 2 N–H and O–H groups in total. The standard InChI is InChI=1S/C19H19Cl2N3O2/c1-12-3-5-14(6-4-12)13(2)23-24-19(26)10-9-18(25)22-17-8-7-15(20)11-16(17)21/h3-8,11H,9-10H2,1-2H3,(H,22,25)(H,24,26). The first-order valence-corrected chi connectivity index (χ1v) is 8.76. The van der Waals surface area contributed by atoms with Crippen LogP contribution in [-0.2, 0) is 9.59 Å². The molecule has 2 aromatic rings. The van der Waals surface area contributed by atoms with E-state index in [1.165, 1.54) is 6.07 Å². The number of nitrogens with zero attached hydrogens (tertiary/aromatic N) is 1. The van der Waals surface area contributed by atoms with E-state index in [1.54, 1.807) is 19.1 Å². The zero-order valence-corrected chi connectivity index (χ0v) is 16.0. The van der Waals surface area contributed by atoms with Gasteiger partial charge in [0, 0.05) is 17.9 Å². The van der Waals surface area contributed by atoms with Crippen LogP contribution in [0.1, 0.15) is 30.9 Å². The van der Waals surface area contributed by atoms with E-state index >= 15 is 0 Å². The summed E-state index contributed by atoms with van der Waals surface area (Å²) >= 11 is 11.8. The van der Waals surface area contributed by atoms with Gasteiger partial charge in [-0.05, 0) is 37.6 Å². The molecule has 0 fully saturated rings. The number of hydrazone groups is 1. The van der Waals surface area contributed by atoms with Gasteiger partial charge in [0.25, 0.3) is 0 Å². The van der Waals surface area contributed by atoms with Gasteiger partial charge in [0.1, 0.15) is 0 Å². The number of benzene rings is 2. The van der Waals surface area contributed by atoms with E-state index in [9.17, 15) is 9.59 Å². The molecule has 0 saturated heterocycles. The van der Waals surface area contributed by atoms with Crippen LogP contribution >= 0.6 is 23.2 Å². The Hall–Kier alpha value is -2.37. The van der Waals surface area contributed by atoms with E-state index in [-0.39, 0.29) is 24.7 Å². The number of hydrogen-bond donors (Lipinski definition) is 2. The summed E-state index contributed by atoms with van der Waals surface area (Å²) in [5.74, 6) is -0.655. The summed E-state index contributed by atoms with van der Waals surface area (Å²) in [6.07, 6.45) is 0.0333. The molecule has 2 aromatic carbocycles. The molecule has 5 nitrogen and oxygen atoms in total. The van der Waals surface area contributed by atoms with Crippen molar-refractivity contribution in [3.63, 3.8) is 0 Å². The average molecular weight is 392 g/mol. The summed E-state index contributed by atoms with van der Waals surface area (Å²) in [5, 5.41) is 7.52. The number of rotatable bonds is 6. The van der Waals surface area contributed by atoms with Crippen molar-refractivity contribution in [2.24, 2.45) is 5.10 Å². The molecule has 0 unspecified atom stereocenters. The minimum Gasteiger partial charge on any atom is -0.325 e.